The van der Waals surface area contributed by atoms with Crippen LogP contribution in [0.15, 0.2) is 47.4 Å². The van der Waals surface area contributed by atoms with E-state index in [0.717, 1.165) is 16.0 Å². The molecule has 0 bridgehead atoms. The van der Waals surface area contributed by atoms with Gasteiger partial charge in [0.2, 0.25) is 15.8 Å². The van der Waals surface area contributed by atoms with Gasteiger partial charge >= 0.3 is 5.97 Å². The minimum atomic E-state index is -4.02. The molecule has 0 aliphatic carbocycles. The highest BCUT2D eigenvalue weighted by Gasteiger charge is 2.40. The molecule has 0 N–H and O–H groups in total. The minimum absolute atomic E-state index is 0.00792. The highest BCUT2D eigenvalue weighted by Crippen LogP contribution is 2.30. The number of ether oxygens (including phenoxy) is 2. The van der Waals surface area contributed by atoms with E-state index < -0.39 is 34.4 Å². The number of aromatic nitrogens is 2. The topological polar surface area (TPSA) is 116 Å². The van der Waals surface area contributed by atoms with Gasteiger partial charge in [0, 0.05) is 6.54 Å². The van der Waals surface area contributed by atoms with Crippen molar-refractivity contribution in [2.45, 2.75) is 30.2 Å². The zero-order chi connectivity index (χ0) is 22.7. The molecule has 32 heavy (non-hydrogen) atoms. The molecular weight excluding hydrogens is 454 g/mol. The van der Waals surface area contributed by atoms with Crippen LogP contribution in [0.4, 0.5) is 0 Å². The highest BCUT2D eigenvalue weighted by atomic mass is 32.2. The molecule has 1 unspecified atom stereocenters. The predicted molar refractivity (Wildman–Crippen MR) is 117 cm³/mol. The van der Waals surface area contributed by atoms with Crippen LogP contribution in [0.5, 0.6) is 5.75 Å². The number of piperidine rings is 1. The van der Waals surface area contributed by atoms with Crippen molar-refractivity contribution in [3.05, 3.63) is 48.0 Å². The number of methoxy groups -OCH3 is 1. The Balaban J connectivity index is 1.54. The number of carbonyl (C=O) groups excluding carboxylic acids is 2. The van der Waals surface area contributed by atoms with Crippen molar-refractivity contribution < 1.29 is 27.5 Å². The molecule has 0 spiro atoms. The maximum Gasteiger partial charge on any atom is 0.324 e. The molecule has 1 aromatic heterocycles. The molecule has 1 aliphatic rings. The zero-order valence-corrected chi connectivity index (χ0v) is 18.9. The van der Waals surface area contributed by atoms with Gasteiger partial charge in [-0.2, -0.15) is 13.1 Å². The summed E-state index contributed by atoms with van der Waals surface area (Å²) in [6, 6.07) is 10.4. The number of para-hydroxylation sites is 1. The summed E-state index contributed by atoms with van der Waals surface area (Å²) in [5.74, 6) is -0.806. The van der Waals surface area contributed by atoms with Gasteiger partial charge in [0.25, 0.3) is 0 Å². The smallest absolute Gasteiger partial charge is 0.324 e. The lowest BCUT2D eigenvalue weighted by atomic mass is 10.1. The average molecular weight is 476 g/mol. The number of rotatable bonds is 7. The van der Waals surface area contributed by atoms with Crippen LogP contribution in [0.25, 0.3) is 11.0 Å². The van der Waals surface area contributed by atoms with E-state index in [1.165, 1.54) is 13.2 Å². The number of hydrogen-bond acceptors (Lipinski definition) is 9. The van der Waals surface area contributed by atoms with E-state index >= 15 is 0 Å². The summed E-state index contributed by atoms with van der Waals surface area (Å²) < 4.78 is 46.6. The van der Waals surface area contributed by atoms with Gasteiger partial charge in [-0.1, -0.05) is 18.2 Å². The molecular formula is C21H21N3O6S2. The maximum atomic E-state index is 13.4. The van der Waals surface area contributed by atoms with E-state index in [-0.39, 0.29) is 17.0 Å². The number of hydrogen-bond donors (Lipinski definition) is 0. The summed E-state index contributed by atoms with van der Waals surface area (Å²) in [5.41, 5.74) is 1.05. The third-order valence-corrected chi connectivity index (χ3v) is 7.80. The molecule has 0 amide bonds. The lowest BCUT2D eigenvalue weighted by Gasteiger charge is -2.32. The van der Waals surface area contributed by atoms with Gasteiger partial charge in [0.05, 0.1) is 24.4 Å². The molecule has 4 rings (SSSR count). The van der Waals surface area contributed by atoms with Crippen LogP contribution in [0, 0.1) is 0 Å². The Kier molecular flexibility index (Phi) is 6.49. The molecule has 0 saturated carbocycles. The Morgan fingerprint density at radius 1 is 1.12 bits per heavy atom. The molecule has 2 heterocycles. The standard InChI is InChI=1S/C21H21N3O6S2/c1-29-18-10-3-2-7-14(18)17(25)13-30-21(26)16-9-4-5-12-24(16)32(27,28)19-11-6-8-15-20(19)23-31-22-15/h2-3,6-8,10-11,16H,4-5,9,12-13H2,1H3. The van der Waals surface area contributed by atoms with E-state index in [1.807, 2.05) is 0 Å². The van der Waals surface area contributed by atoms with Gasteiger partial charge in [-0.3, -0.25) is 9.59 Å². The second-order valence-electron chi connectivity index (χ2n) is 7.25. The molecule has 1 saturated heterocycles. The van der Waals surface area contributed by atoms with Crippen LogP contribution in [-0.4, -0.2) is 59.5 Å². The average Bonchev–Trinajstić information content (AvgIpc) is 3.31. The number of sulfonamides is 1. The third-order valence-electron chi connectivity index (χ3n) is 5.31. The van der Waals surface area contributed by atoms with Crippen LogP contribution >= 0.6 is 11.7 Å². The predicted octanol–water partition coefficient (Wildman–Crippen LogP) is 2.67. The fourth-order valence-corrected chi connectivity index (χ4v) is 6.13. The second kappa shape index (κ2) is 9.31. The molecule has 3 aromatic rings. The molecule has 9 nitrogen and oxygen atoms in total. The number of ketones is 1. The number of Topliss-reactive ketones (excluding diaryl/α,β-unsaturated/α-hetero) is 1. The van der Waals surface area contributed by atoms with Gasteiger partial charge in [-0.05, 0) is 43.5 Å². The summed E-state index contributed by atoms with van der Waals surface area (Å²) in [6.45, 7) is -0.328. The Bertz CT molecular complexity index is 1260. The fourth-order valence-electron chi connectivity index (χ4n) is 3.73. The lowest BCUT2D eigenvalue weighted by Crippen LogP contribution is -2.48. The Labute approximate surface area is 189 Å². The monoisotopic (exact) mass is 475 g/mol. The third kappa shape index (κ3) is 4.23. The van der Waals surface area contributed by atoms with Crippen LogP contribution in [0.1, 0.15) is 29.6 Å². The molecule has 1 fully saturated rings. The van der Waals surface area contributed by atoms with E-state index in [9.17, 15) is 18.0 Å². The van der Waals surface area contributed by atoms with Crippen LogP contribution in [0.3, 0.4) is 0 Å². The first kappa shape index (κ1) is 22.3. The minimum Gasteiger partial charge on any atom is -0.496 e. The van der Waals surface area contributed by atoms with Crippen molar-refractivity contribution in [3.8, 4) is 5.75 Å². The Morgan fingerprint density at radius 2 is 1.94 bits per heavy atom. The summed E-state index contributed by atoms with van der Waals surface area (Å²) in [6.07, 6.45) is 1.61. The van der Waals surface area contributed by atoms with Gasteiger partial charge < -0.3 is 9.47 Å². The Hall–Kier alpha value is -2.89. The number of carbonyl (C=O) groups is 2. The van der Waals surface area contributed by atoms with E-state index in [4.69, 9.17) is 9.47 Å². The van der Waals surface area contributed by atoms with Gasteiger partial charge in [0.15, 0.2) is 6.61 Å². The first-order chi connectivity index (χ1) is 15.4. The number of nitrogens with zero attached hydrogens (tertiary/aromatic N) is 3. The molecule has 1 atom stereocenters. The summed E-state index contributed by atoms with van der Waals surface area (Å²) in [4.78, 5) is 25.4. The maximum absolute atomic E-state index is 13.4. The molecule has 1 aliphatic heterocycles. The van der Waals surface area contributed by atoms with Crippen molar-refractivity contribution in [2.75, 3.05) is 20.3 Å². The molecule has 11 heteroatoms. The van der Waals surface area contributed by atoms with E-state index in [0.29, 0.717) is 36.1 Å². The molecule has 0 radical (unpaired) electrons. The van der Waals surface area contributed by atoms with Gasteiger partial charge in [-0.15, -0.1) is 0 Å². The van der Waals surface area contributed by atoms with Crippen molar-refractivity contribution in [1.29, 1.82) is 0 Å². The van der Waals surface area contributed by atoms with Crippen molar-refractivity contribution in [3.63, 3.8) is 0 Å². The highest BCUT2D eigenvalue weighted by molar-refractivity contribution is 7.89. The largest absolute Gasteiger partial charge is 0.496 e. The summed E-state index contributed by atoms with van der Waals surface area (Å²) in [7, 11) is -2.58. The normalized spacial score (nSPS) is 17.2. The van der Waals surface area contributed by atoms with E-state index in [1.54, 1.807) is 36.4 Å². The quantitative estimate of drug-likeness (QED) is 0.378. The summed E-state index contributed by atoms with van der Waals surface area (Å²) in [5, 5.41) is 0. The lowest BCUT2D eigenvalue weighted by molar-refractivity contribution is -0.148. The fraction of sp³-hybridized carbons (Fsp3) is 0.333. The first-order valence-electron chi connectivity index (χ1n) is 9.99. The van der Waals surface area contributed by atoms with Crippen LogP contribution < -0.4 is 4.74 Å². The van der Waals surface area contributed by atoms with Gasteiger partial charge in [0.1, 0.15) is 27.7 Å². The van der Waals surface area contributed by atoms with Crippen molar-refractivity contribution in [2.24, 2.45) is 0 Å². The van der Waals surface area contributed by atoms with Crippen molar-refractivity contribution in [1.82, 2.24) is 13.1 Å². The SMILES string of the molecule is COc1ccccc1C(=O)COC(=O)C1CCCCN1S(=O)(=O)c1cccc2nsnc12. The Morgan fingerprint density at radius 3 is 2.75 bits per heavy atom. The number of fused-ring (bicyclic) bond motifs is 1. The van der Waals surface area contributed by atoms with Crippen molar-refractivity contribution >= 4 is 44.5 Å². The second-order valence-corrected chi connectivity index (χ2v) is 9.63. The number of esters is 1. The molecule has 168 valence electrons. The molecule has 2 aromatic carbocycles. The van der Waals surface area contributed by atoms with E-state index in [2.05, 4.69) is 8.75 Å². The number of benzene rings is 2. The van der Waals surface area contributed by atoms with Crippen LogP contribution in [0.2, 0.25) is 0 Å². The summed E-state index contributed by atoms with van der Waals surface area (Å²) >= 11 is 0.927. The zero-order valence-electron chi connectivity index (χ0n) is 17.3. The first-order valence-corrected chi connectivity index (χ1v) is 12.2. The van der Waals surface area contributed by atoms with Crippen LogP contribution in [-0.2, 0) is 19.6 Å². The van der Waals surface area contributed by atoms with Gasteiger partial charge in [-0.25, -0.2) is 8.42 Å².